The Morgan fingerprint density at radius 1 is 1.04 bits per heavy atom. The largest absolute Gasteiger partial charge is 0.508 e. The van der Waals surface area contributed by atoms with Crippen LogP contribution in [0.4, 0.5) is 4.79 Å². The number of cyclic esters (lactones) is 1. The Morgan fingerprint density at radius 2 is 1.80 bits per heavy atom. The molecule has 130 valence electrons. The lowest BCUT2D eigenvalue weighted by molar-refractivity contribution is 0.145. The number of hydrogen-bond donors (Lipinski definition) is 1. The zero-order chi connectivity index (χ0) is 17.3. The van der Waals surface area contributed by atoms with Gasteiger partial charge in [0.2, 0.25) is 0 Å². The monoisotopic (exact) mass is 338 g/mol. The Balaban J connectivity index is 1.49. The molecule has 1 spiro atoms. The first-order valence-corrected chi connectivity index (χ1v) is 8.64. The number of amides is 1. The normalized spacial score (nSPS) is 23.4. The van der Waals surface area contributed by atoms with Gasteiger partial charge in [0.25, 0.3) is 0 Å². The minimum Gasteiger partial charge on any atom is -0.508 e. The summed E-state index contributed by atoms with van der Waals surface area (Å²) in [6.45, 7) is 3.35. The maximum absolute atomic E-state index is 12.3. The summed E-state index contributed by atoms with van der Waals surface area (Å²) in [6, 6.07) is 17.4. The van der Waals surface area contributed by atoms with E-state index < -0.39 is 0 Å². The standard InChI is InChI=1S/C20H22N2O3/c23-18-9-5-4-8-17(18)13-21-11-10-20(14-21)15-25-19(24)22(20)12-16-6-2-1-3-7-16/h1-9,23H,10-15H2. The first-order valence-electron chi connectivity index (χ1n) is 8.64. The van der Waals surface area contributed by atoms with Crippen molar-refractivity contribution in [1.29, 1.82) is 0 Å². The van der Waals surface area contributed by atoms with Crippen molar-refractivity contribution in [2.24, 2.45) is 0 Å². The fourth-order valence-corrected chi connectivity index (χ4v) is 3.84. The molecule has 25 heavy (non-hydrogen) atoms. The molecule has 2 fully saturated rings. The van der Waals surface area contributed by atoms with Crippen LogP contribution < -0.4 is 0 Å². The molecule has 1 unspecified atom stereocenters. The molecule has 2 aromatic rings. The highest BCUT2D eigenvalue weighted by Crippen LogP contribution is 2.36. The van der Waals surface area contributed by atoms with Crippen LogP contribution in [-0.2, 0) is 17.8 Å². The fourth-order valence-electron chi connectivity index (χ4n) is 3.84. The van der Waals surface area contributed by atoms with E-state index in [4.69, 9.17) is 4.74 Å². The summed E-state index contributed by atoms with van der Waals surface area (Å²) in [4.78, 5) is 16.5. The Morgan fingerprint density at radius 3 is 2.60 bits per heavy atom. The lowest BCUT2D eigenvalue weighted by Gasteiger charge is -2.32. The summed E-state index contributed by atoms with van der Waals surface area (Å²) in [5.41, 5.74) is 1.76. The molecule has 1 atom stereocenters. The van der Waals surface area contributed by atoms with E-state index in [-0.39, 0.29) is 11.6 Å². The quantitative estimate of drug-likeness (QED) is 0.931. The molecule has 2 saturated heterocycles. The molecule has 1 N–H and O–H groups in total. The molecule has 5 nitrogen and oxygen atoms in total. The van der Waals surface area contributed by atoms with Gasteiger partial charge in [-0.3, -0.25) is 9.80 Å². The lowest BCUT2D eigenvalue weighted by Crippen LogP contribution is -2.48. The van der Waals surface area contributed by atoms with Crippen LogP contribution in [0.3, 0.4) is 0 Å². The van der Waals surface area contributed by atoms with Crippen LogP contribution in [0.5, 0.6) is 5.75 Å². The highest BCUT2D eigenvalue weighted by Gasteiger charge is 2.51. The van der Waals surface area contributed by atoms with Crippen LogP contribution in [0.15, 0.2) is 54.6 Å². The molecule has 0 bridgehead atoms. The lowest BCUT2D eigenvalue weighted by atomic mass is 9.98. The summed E-state index contributed by atoms with van der Waals surface area (Å²) in [6.07, 6.45) is 0.660. The summed E-state index contributed by atoms with van der Waals surface area (Å²) in [5, 5.41) is 10.0. The van der Waals surface area contributed by atoms with E-state index in [1.165, 1.54) is 0 Å². The minimum atomic E-state index is -0.267. The van der Waals surface area contributed by atoms with Gasteiger partial charge in [-0.25, -0.2) is 4.79 Å². The molecule has 2 heterocycles. The zero-order valence-electron chi connectivity index (χ0n) is 14.1. The van der Waals surface area contributed by atoms with Crippen molar-refractivity contribution in [3.63, 3.8) is 0 Å². The highest BCUT2D eigenvalue weighted by molar-refractivity contribution is 5.71. The molecule has 2 aromatic carbocycles. The zero-order valence-corrected chi connectivity index (χ0v) is 14.1. The number of hydrogen-bond acceptors (Lipinski definition) is 4. The molecule has 2 aliphatic heterocycles. The van der Waals surface area contributed by atoms with Crippen LogP contribution in [0.1, 0.15) is 17.5 Å². The van der Waals surface area contributed by atoms with Crippen molar-refractivity contribution in [3.8, 4) is 5.75 Å². The number of phenolic OH excluding ortho intramolecular Hbond substituents is 1. The Hall–Kier alpha value is -2.53. The van der Waals surface area contributed by atoms with Gasteiger partial charge in [-0.15, -0.1) is 0 Å². The number of rotatable bonds is 4. The molecular weight excluding hydrogens is 316 g/mol. The van der Waals surface area contributed by atoms with E-state index >= 15 is 0 Å². The molecular formula is C20H22N2O3. The van der Waals surface area contributed by atoms with Crippen molar-refractivity contribution in [2.45, 2.75) is 25.0 Å². The molecule has 1 amide bonds. The molecule has 0 aliphatic carbocycles. The summed E-state index contributed by atoms with van der Waals surface area (Å²) < 4.78 is 5.41. The number of para-hydroxylation sites is 1. The van der Waals surface area contributed by atoms with E-state index in [9.17, 15) is 9.90 Å². The topological polar surface area (TPSA) is 53.0 Å². The van der Waals surface area contributed by atoms with Crippen molar-refractivity contribution in [2.75, 3.05) is 19.7 Å². The molecule has 0 saturated carbocycles. The number of aromatic hydroxyl groups is 1. The first kappa shape index (κ1) is 16.0. The van der Waals surface area contributed by atoms with Gasteiger partial charge in [-0.2, -0.15) is 0 Å². The van der Waals surface area contributed by atoms with E-state index in [1.54, 1.807) is 6.07 Å². The third kappa shape index (κ3) is 3.07. The Kier molecular flexibility index (Phi) is 4.09. The summed E-state index contributed by atoms with van der Waals surface area (Å²) in [7, 11) is 0. The number of carbonyl (C=O) groups excluding carboxylic acids is 1. The third-order valence-electron chi connectivity index (χ3n) is 5.24. The number of benzene rings is 2. The summed E-state index contributed by atoms with van der Waals surface area (Å²) >= 11 is 0. The Bertz CT molecular complexity index is 765. The highest BCUT2D eigenvalue weighted by atomic mass is 16.6. The molecule has 5 heteroatoms. The predicted molar refractivity (Wildman–Crippen MR) is 94.1 cm³/mol. The first-order chi connectivity index (χ1) is 12.2. The van der Waals surface area contributed by atoms with Gasteiger partial charge in [0, 0.05) is 31.7 Å². The fraction of sp³-hybridized carbons (Fsp3) is 0.350. The van der Waals surface area contributed by atoms with E-state index in [0.29, 0.717) is 25.4 Å². The predicted octanol–water partition coefficient (Wildman–Crippen LogP) is 2.99. The van der Waals surface area contributed by atoms with E-state index in [0.717, 1.165) is 30.6 Å². The van der Waals surface area contributed by atoms with E-state index in [2.05, 4.69) is 4.90 Å². The van der Waals surface area contributed by atoms with Crippen molar-refractivity contribution in [1.82, 2.24) is 9.80 Å². The molecule has 0 radical (unpaired) electrons. The van der Waals surface area contributed by atoms with Crippen LogP contribution >= 0.6 is 0 Å². The van der Waals surface area contributed by atoms with Crippen LogP contribution in [0.25, 0.3) is 0 Å². The summed E-state index contributed by atoms with van der Waals surface area (Å²) in [5.74, 6) is 0.323. The van der Waals surface area contributed by atoms with Crippen molar-refractivity contribution < 1.29 is 14.6 Å². The van der Waals surface area contributed by atoms with Gasteiger partial charge in [0.05, 0.1) is 5.54 Å². The minimum absolute atomic E-state index is 0.228. The van der Waals surface area contributed by atoms with Gasteiger partial charge in [-0.05, 0) is 18.1 Å². The number of ether oxygens (including phenoxy) is 1. The molecule has 2 aliphatic rings. The SMILES string of the molecule is O=C1OCC2(CCN(Cc3ccccc3O)C2)N1Cc1ccccc1. The maximum Gasteiger partial charge on any atom is 0.410 e. The third-order valence-corrected chi connectivity index (χ3v) is 5.24. The second-order valence-corrected chi connectivity index (χ2v) is 6.94. The number of likely N-dealkylation sites (tertiary alicyclic amines) is 1. The van der Waals surface area contributed by atoms with Crippen LogP contribution in [-0.4, -0.2) is 46.2 Å². The van der Waals surface area contributed by atoms with Gasteiger partial charge in [0.1, 0.15) is 12.4 Å². The number of nitrogens with zero attached hydrogens (tertiary/aromatic N) is 2. The molecule has 0 aromatic heterocycles. The van der Waals surface area contributed by atoms with Gasteiger partial charge in [-0.1, -0.05) is 48.5 Å². The van der Waals surface area contributed by atoms with Gasteiger partial charge >= 0.3 is 6.09 Å². The van der Waals surface area contributed by atoms with E-state index in [1.807, 2.05) is 53.4 Å². The van der Waals surface area contributed by atoms with Crippen molar-refractivity contribution in [3.05, 3.63) is 65.7 Å². The van der Waals surface area contributed by atoms with Gasteiger partial charge < -0.3 is 9.84 Å². The smallest absolute Gasteiger partial charge is 0.410 e. The second-order valence-electron chi connectivity index (χ2n) is 6.94. The maximum atomic E-state index is 12.3. The second kappa shape index (κ2) is 6.41. The number of carbonyl (C=O) groups is 1. The van der Waals surface area contributed by atoms with Gasteiger partial charge in [0.15, 0.2) is 0 Å². The average Bonchev–Trinajstić information content (AvgIpc) is 3.17. The van der Waals surface area contributed by atoms with Crippen molar-refractivity contribution >= 4 is 6.09 Å². The van der Waals surface area contributed by atoms with Crippen LogP contribution in [0.2, 0.25) is 0 Å². The Labute approximate surface area is 147 Å². The average molecular weight is 338 g/mol. The molecule has 4 rings (SSSR count). The van der Waals surface area contributed by atoms with Crippen LogP contribution in [0, 0.1) is 0 Å². The number of phenols is 1.